The third kappa shape index (κ3) is 1.85. The summed E-state index contributed by atoms with van der Waals surface area (Å²) in [6.45, 7) is 2.47. The van der Waals surface area contributed by atoms with Crippen LogP contribution in [0.3, 0.4) is 0 Å². The van der Waals surface area contributed by atoms with Gasteiger partial charge < -0.3 is 10.5 Å². The standard InChI is InChI=1S/C13H18FNO/c1-9(15)13(5-6-13)11-7-10(8-16-2)3-4-12(11)14/h3-4,7,9H,5-6,8,15H2,1-2H3. The molecule has 0 aromatic heterocycles. The zero-order valence-electron chi connectivity index (χ0n) is 9.79. The summed E-state index contributed by atoms with van der Waals surface area (Å²) in [6.07, 6.45) is 1.97. The highest BCUT2D eigenvalue weighted by molar-refractivity contribution is 5.37. The van der Waals surface area contributed by atoms with Gasteiger partial charge in [-0.1, -0.05) is 6.07 Å². The van der Waals surface area contributed by atoms with E-state index in [4.69, 9.17) is 10.5 Å². The Labute approximate surface area is 95.6 Å². The average Bonchev–Trinajstić information content (AvgIpc) is 3.02. The molecule has 0 bridgehead atoms. The Balaban J connectivity index is 2.36. The molecule has 0 amide bonds. The lowest BCUT2D eigenvalue weighted by Gasteiger charge is -2.21. The first-order valence-corrected chi connectivity index (χ1v) is 5.63. The van der Waals surface area contributed by atoms with Gasteiger partial charge in [0.15, 0.2) is 0 Å². The van der Waals surface area contributed by atoms with Gasteiger partial charge in [0.1, 0.15) is 5.82 Å². The van der Waals surface area contributed by atoms with Crippen molar-refractivity contribution in [3.8, 4) is 0 Å². The third-order valence-electron chi connectivity index (χ3n) is 3.54. The van der Waals surface area contributed by atoms with Crippen LogP contribution in [0.5, 0.6) is 0 Å². The largest absolute Gasteiger partial charge is 0.380 e. The minimum atomic E-state index is -0.144. The molecular formula is C13H18FNO. The molecule has 1 saturated carbocycles. The fourth-order valence-corrected chi connectivity index (χ4v) is 2.32. The minimum Gasteiger partial charge on any atom is -0.380 e. The van der Waals surface area contributed by atoms with Gasteiger partial charge in [0, 0.05) is 18.6 Å². The molecule has 88 valence electrons. The molecule has 0 saturated heterocycles. The van der Waals surface area contributed by atoms with E-state index < -0.39 is 0 Å². The van der Waals surface area contributed by atoms with Crippen LogP contribution >= 0.6 is 0 Å². The molecule has 0 spiro atoms. The number of ether oxygens (including phenoxy) is 1. The Kier molecular flexibility index (Phi) is 3.00. The number of hydrogen-bond acceptors (Lipinski definition) is 2. The summed E-state index contributed by atoms with van der Waals surface area (Å²) in [5.41, 5.74) is 7.60. The van der Waals surface area contributed by atoms with Crippen molar-refractivity contribution in [1.29, 1.82) is 0 Å². The van der Waals surface area contributed by atoms with Gasteiger partial charge in [0.05, 0.1) is 6.61 Å². The Morgan fingerprint density at radius 2 is 2.19 bits per heavy atom. The lowest BCUT2D eigenvalue weighted by atomic mass is 9.88. The van der Waals surface area contributed by atoms with Gasteiger partial charge in [0.2, 0.25) is 0 Å². The number of nitrogens with two attached hydrogens (primary N) is 1. The Morgan fingerprint density at radius 1 is 1.50 bits per heavy atom. The van der Waals surface area contributed by atoms with E-state index in [1.54, 1.807) is 13.2 Å². The summed E-state index contributed by atoms with van der Waals surface area (Å²) in [4.78, 5) is 0. The molecule has 2 rings (SSSR count). The van der Waals surface area contributed by atoms with E-state index >= 15 is 0 Å². The molecule has 1 fully saturated rings. The summed E-state index contributed by atoms with van der Waals surface area (Å²) in [5, 5.41) is 0. The molecule has 1 aliphatic carbocycles. The Morgan fingerprint density at radius 3 is 2.69 bits per heavy atom. The quantitative estimate of drug-likeness (QED) is 0.850. The number of rotatable bonds is 4. The summed E-state index contributed by atoms with van der Waals surface area (Å²) in [6, 6.07) is 5.18. The van der Waals surface area contributed by atoms with E-state index in [9.17, 15) is 4.39 Å². The molecule has 1 aromatic carbocycles. The van der Waals surface area contributed by atoms with Crippen LogP contribution in [0.4, 0.5) is 4.39 Å². The molecule has 0 aliphatic heterocycles. The second kappa shape index (κ2) is 4.15. The third-order valence-corrected chi connectivity index (χ3v) is 3.54. The minimum absolute atomic E-state index is 0.000190. The first-order valence-electron chi connectivity index (χ1n) is 5.63. The second-order valence-electron chi connectivity index (χ2n) is 4.69. The Hall–Kier alpha value is -0.930. The van der Waals surface area contributed by atoms with Gasteiger partial charge in [-0.05, 0) is 43.0 Å². The maximum atomic E-state index is 13.8. The molecule has 1 aromatic rings. The van der Waals surface area contributed by atoms with Crippen LogP contribution in [0.25, 0.3) is 0 Å². The molecule has 2 N–H and O–H groups in total. The predicted octanol–water partition coefficient (Wildman–Crippen LogP) is 2.35. The van der Waals surface area contributed by atoms with E-state index in [1.807, 2.05) is 13.0 Å². The van der Waals surface area contributed by atoms with E-state index in [1.165, 1.54) is 6.07 Å². The summed E-state index contributed by atoms with van der Waals surface area (Å²) in [5.74, 6) is -0.144. The lowest BCUT2D eigenvalue weighted by molar-refractivity contribution is 0.184. The van der Waals surface area contributed by atoms with Crippen molar-refractivity contribution in [3.05, 3.63) is 35.1 Å². The van der Waals surface area contributed by atoms with E-state index in [-0.39, 0.29) is 17.3 Å². The molecule has 16 heavy (non-hydrogen) atoms. The van der Waals surface area contributed by atoms with Gasteiger partial charge in [-0.15, -0.1) is 0 Å². The van der Waals surface area contributed by atoms with Gasteiger partial charge in [-0.2, -0.15) is 0 Å². The van der Waals surface area contributed by atoms with Crippen molar-refractivity contribution in [3.63, 3.8) is 0 Å². The van der Waals surface area contributed by atoms with Crippen LogP contribution < -0.4 is 5.73 Å². The van der Waals surface area contributed by atoms with Crippen LogP contribution in [0.1, 0.15) is 30.9 Å². The molecule has 1 unspecified atom stereocenters. The molecule has 1 atom stereocenters. The molecule has 0 heterocycles. The highest BCUT2D eigenvalue weighted by atomic mass is 19.1. The van der Waals surface area contributed by atoms with Crippen LogP contribution in [0, 0.1) is 5.82 Å². The van der Waals surface area contributed by atoms with Crippen molar-refractivity contribution in [2.24, 2.45) is 5.73 Å². The molecule has 3 heteroatoms. The van der Waals surface area contributed by atoms with Gasteiger partial charge in [-0.3, -0.25) is 0 Å². The number of methoxy groups -OCH3 is 1. The van der Waals surface area contributed by atoms with Crippen molar-refractivity contribution < 1.29 is 9.13 Å². The smallest absolute Gasteiger partial charge is 0.127 e. The van der Waals surface area contributed by atoms with Crippen molar-refractivity contribution >= 4 is 0 Å². The highest BCUT2D eigenvalue weighted by Crippen LogP contribution is 2.51. The normalized spacial score (nSPS) is 19.5. The fraction of sp³-hybridized carbons (Fsp3) is 0.538. The molecule has 1 aliphatic rings. The number of halogens is 1. The monoisotopic (exact) mass is 223 g/mol. The first-order chi connectivity index (χ1) is 7.60. The first kappa shape index (κ1) is 11.6. The molecular weight excluding hydrogens is 205 g/mol. The zero-order chi connectivity index (χ0) is 11.8. The SMILES string of the molecule is COCc1ccc(F)c(C2(C(C)N)CC2)c1. The predicted molar refractivity (Wildman–Crippen MR) is 61.7 cm³/mol. The van der Waals surface area contributed by atoms with Crippen LogP contribution in [0.2, 0.25) is 0 Å². The molecule has 2 nitrogen and oxygen atoms in total. The van der Waals surface area contributed by atoms with E-state index in [0.29, 0.717) is 6.61 Å². The number of hydrogen-bond donors (Lipinski definition) is 1. The molecule has 0 radical (unpaired) electrons. The van der Waals surface area contributed by atoms with Crippen molar-refractivity contribution in [1.82, 2.24) is 0 Å². The maximum absolute atomic E-state index is 13.8. The summed E-state index contributed by atoms with van der Waals surface area (Å²) < 4.78 is 18.9. The van der Waals surface area contributed by atoms with Crippen LogP contribution in [-0.4, -0.2) is 13.2 Å². The van der Waals surface area contributed by atoms with Crippen LogP contribution in [0.15, 0.2) is 18.2 Å². The lowest BCUT2D eigenvalue weighted by Crippen LogP contribution is -2.32. The Bertz CT molecular complexity index is 386. The van der Waals surface area contributed by atoms with Crippen LogP contribution in [-0.2, 0) is 16.8 Å². The fourth-order valence-electron chi connectivity index (χ4n) is 2.32. The van der Waals surface area contributed by atoms with E-state index in [2.05, 4.69) is 0 Å². The highest BCUT2D eigenvalue weighted by Gasteiger charge is 2.48. The zero-order valence-corrected chi connectivity index (χ0v) is 9.79. The van der Waals surface area contributed by atoms with Gasteiger partial charge in [0.25, 0.3) is 0 Å². The summed E-state index contributed by atoms with van der Waals surface area (Å²) >= 11 is 0. The van der Waals surface area contributed by atoms with Gasteiger partial charge in [-0.25, -0.2) is 4.39 Å². The maximum Gasteiger partial charge on any atom is 0.127 e. The number of benzene rings is 1. The topological polar surface area (TPSA) is 35.2 Å². The van der Waals surface area contributed by atoms with Crippen molar-refractivity contribution in [2.45, 2.75) is 37.8 Å². The van der Waals surface area contributed by atoms with E-state index in [0.717, 1.165) is 24.0 Å². The average molecular weight is 223 g/mol. The summed E-state index contributed by atoms with van der Waals surface area (Å²) in [7, 11) is 1.64. The second-order valence-corrected chi connectivity index (χ2v) is 4.69. The van der Waals surface area contributed by atoms with Gasteiger partial charge >= 0.3 is 0 Å². The van der Waals surface area contributed by atoms with Crippen molar-refractivity contribution in [2.75, 3.05) is 7.11 Å².